The van der Waals surface area contributed by atoms with Crippen LogP contribution < -0.4 is 5.01 Å². The van der Waals surface area contributed by atoms with Gasteiger partial charge in [-0.2, -0.15) is 5.11 Å². The number of aryl methyl sites for hydroxylation is 1. The van der Waals surface area contributed by atoms with Gasteiger partial charge in [0.05, 0.1) is 5.69 Å². The second-order valence-corrected chi connectivity index (χ2v) is 8.56. The van der Waals surface area contributed by atoms with E-state index in [0.29, 0.717) is 0 Å². The molecule has 0 radical (unpaired) electrons. The van der Waals surface area contributed by atoms with Crippen molar-refractivity contribution < 1.29 is 0 Å². The third kappa shape index (κ3) is 2.33. The number of likely N-dealkylation sites (tertiary alicyclic amines) is 1. The van der Waals surface area contributed by atoms with Gasteiger partial charge in [0.25, 0.3) is 0 Å². The minimum absolute atomic E-state index is 0.177. The van der Waals surface area contributed by atoms with Crippen molar-refractivity contribution in [2.45, 2.75) is 42.8 Å². The molecule has 0 amide bonds. The van der Waals surface area contributed by atoms with Gasteiger partial charge >= 0.3 is 0 Å². The van der Waals surface area contributed by atoms with Crippen LogP contribution in [0.1, 0.15) is 30.4 Å². The molecular formula is C21H24N4S. The fourth-order valence-corrected chi connectivity index (χ4v) is 5.77. The summed E-state index contributed by atoms with van der Waals surface area (Å²) in [6.07, 6.45) is 3.57. The topological polar surface area (TPSA) is 31.2 Å². The zero-order valence-electron chi connectivity index (χ0n) is 15.1. The summed E-state index contributed by atoms with van der Waals surface area (Å²) < 4.78 is 0. The second kappa shape index (κ2) is 6.39. The zero-order chi connectivity index (χ0) is 17.6. The third-order valence-electron chi connectivity index (χ3n) is 5.84. The number of rotatable bonds is 2. The molecule has 3 aliphatic rings. The molecule has 3 heterocycles. The molecule has 0 N–H and O–H groups in total. The number of benzene rings is 2. The van der Waals surface area contributed by atoms with Gasteiger partial charge in [-0.25, -0.2) is 5.01 Å². The monoisotopic (exact) mass is 364 g/mol. The highest BCUT2D eigenvalue weighted by Crippen LogP contribution is 2.52. The smallest absolute Gasteiger partial charge is 0.168 e. The average molecular weight is 365 g/mol. The van der Waals surface area contributed by atoms with Crippen LogP contribution in [-0.4, -0.2) is 29.8 Å². The van der Waals surface area contributed by atoms with Gasteiger partial charge in [-0.15, -0.1) is 11.8 Å². The van der Waals surface area contributed by atoms with Crippen molar-refractivity contribution in [1.82, 2.24) is 4.90 Å². The Morgan fingerprint density at radius 3 is 2.69 bits per heavy atom. The van der Waals surface area contributed by atoms with Crippen LogP contribution in [0.15, 0.2) is 63.8 Å². The summed E-state index contributed by atoms with van der Waals surface area (Å²) in [7, 11) is 0. The first kappa shape index (κ1) is 16.3. The van der Waals surface area contributed by atoms with Gasteiger partial charge in [-0.05, 0) is 44.4 Å². The van der Waals surface area contributed by atoms with Crippen LogP contribution in [0.2, 0.25) is 0 Å². The summed E-state index contributed by atoms with van der Waals surface area (Å²) in [5.74, 6) is 1.10. The predicted molar refractivity (Wildman–Crippen MR) is 107 cm³/mol. The Hall–Kier alpha value is -1.85. The average Bonchev–Trinajstić information content (AvgIpc) is 3.29. The van der Waals surface area contributed by atoms with Crippen LogP contribution in [0.3, 0.4) is 0 Å². The quantitative estimate of drug-likeness (QED) is 0.752. The van der Waals surface area contributed by atoms with Crippen molar-refractivity contribution >= 4 is 17.4 Å². The number of para-hydroxylation sites is 1. The van der Waals surface area contributed by atoms with Gasteiger partial charge in [-0.1, -0.05) is 41.1 Å². The highest BCUT2D eigenvalue weighted by atomic mass is 32.2. The largest absolute Gasteiger partial charge is 0.274 e. The molecular weight excluding hydrogens is 340 g/mol. The zero-order valence-corrected chi connectivity index (χ0v) is 16.0. The number of hydrogen-bond donors (Lipinski definition) is 0. The highest BCUT2D eigenvalue weighted by Gasteiger charge is 2.57. The van der Waals surface area contributed by atoms with Crippen LogP contribution in [0, 0.1) is 6.92 Å². The maximum Gasteiger partial charge on any atom is 0.168 e. The first-order valence-corrected chi connectivity index (χ1v) is 10.5. The molecule has 0 spiro atoms. The van der Waals surface area contributed by atoms with E-state index in [2.05, 4.69) is 65.4 Å². The van der Waals surface area contributed by atoms with Crippen molar-refractivity contribution in [3.8, 4) is 0 Å². The van der Waals surface area contributed by atoms with E-state index < -0.39 is 0 Å². The SMILES string of the molecule is Cc1ccc2c(c1)C1(N3CCCC3)C(CCS2)N=NN1c1ccccc1. The maximum absolute atomic E-state index is 4.82. The summed E-state index contributed by atoms with van der Waals surface area (Å²) in [4.78, 5) is 4.03. The molecule has 4 nitrogen and oxygen atoms in total. The molecule has 3 aliphatic heterocycles. The normalized spacial score (nSPS) is 28.0. The molecule has 0 aliphatic carbocycles. The molecule has 1 fully saturated rings. The summed E-state index contributed by atoms with van der Waals surface area (Å²) in [6.45, 7) is 4.42. The van der Waals surface area contributed by atoms with Crippen LogP contribution in [0.5, 0.6) is 0 Å². The van der Waals surface area contributed by atoms with Crippen molar-refractivity contribution in [2.24, 2.45) is 10.3 Å². The van der Waals surface area contributed by atoms with Gasteiger partial charge in [-0.3, -0.25) is 4.90 Å². The van der Waals surface area contributed by atoms with Crippen LogP contribution in [0.25, 0.3) is 0 Å². The molecule has 0 bridgehead atoms. The van der Waals surface area contributed by atoms with E-state index in [1.165, 1.54) is 28.9 Å². The molecule has 2 aromatic rings. The molecule has 134 valence electrons. The highest BCUT2D eigenvalue weighted by molar-refractivity contribution is 7.99. The van der Waals surface area contributed by atoms with Crippen LogP contribution in [-0.2, 0) is 5.66 Å². The summed E-state index contributed by atoms with van der Waals surface area (Å²) in [5, 5.41) is 11.8. The second-order valence-electron chi connectivity index (χ2n) is 7.43. The molecule has 2 aromatic carbocycles. The Bertz CT molecular complexity index is 831. The minimum atomic E-state index is -0.289. The van der Waals surface area contributed by atoms with E-state index in [0.717, 1.165) is 31.0 Å². The standard InChI is InChI=1S/C21H24N4S/c1-16-9-10-19-18(15-16)21(24-12-5-6-13-24)20(11-14-26-19)22-23-25(21)17-7-3-2-4-8-17/h2-4,7-10,15,20H,5-6,11-14H2,1H3. The van der Waals surface area contributed by atoms with Gasteiger partial charge in [0, 0.05) is 29.3 Å². The number of hydrogen-bond acceptors (Lipinski definition) is 5. The van der Waals surface area contributed by atoms with E-state index in [9.17, 15) is 0 Å². The van der Waals surface area contributed by atoms with E-state index in [1.54, 1.807) is 0 Å². The first-order valence-electron chi connectivity index (χ1n) is 9.55. The number of fused-ring (bicyclic) bond motifs is 3. The fraction of sp³-hybridized carbons (Fsp3) is 0.429. The molecule has 0 aromatic heterocycles. The Labute approximate surface area is 159 Å². The van der Waals surface area contributed by atoms with E-state index >= 15 is 0 Å². The van der Waals surface area contributed by atoms with Gasteiger partial charge < -0.3 is 0 Å². The molecule has 2 atom stereocenters. The lowest BCUT2D eigenvalue weighted by atomic mass is 9.87. The van der Waals surface area contributed by atoms with Gasteiger partial charge in [0.15, 0.2) is 5.66 Å². The van der Waals surface area contributed by atoms with Crippen LogP contribution >= 0.6 is 11.8 Å². The molecule has 5 rings (SSSR count). The predicted octanol–water partition coefficient (Wildman–Crippen LogP) is 5.00. The summed E-state index contributed by atoms with van der Waals surface area (Å²) in [5.41, 5.74) is 3.54. The third-order valence-corrected chi connectivity index (χ3v) is 6.94. The lowest BCUT2D eigenvalue weighted by Crippen LogP contribution is -2.59. The van der Waals surface area contributed by atoms with Gasteiger partial charge in [0.2, 0.25) is 0 Å². The molecule has 5 heteroatoms. The first-order chi connectivity index (χ1) is 12.8. The van der Waals surface area contributed by atoms with Crippen molar-refractivity contribution in [3.05, 3.63) is 59.7 Å². The number of nitrogens with zero attached hydrogens (tertiary/aromatic N) is 4. The summed E-state index contributed by atoms with van der Waals surface area (Å²) in [6, 6.07) is 17.7. The molecule has 1 saturated heterocycles. The van der Waals surface area contributed by atoms with Gasteiger partial charge in [0.1, 0.15) is 6.04 Å². The Balaban J connectivity index is 1.77. The fourth-order valence-electron chi connectivity index (χ4n) is 4.68. The van der Waals surface area contributed by atoms with Crippen molar-refractivity contribution in [1.29, 1.82) is 0 Å². The van der Waals surface area contributed by atoms with Crippen molar-refractivity contribution in [2.75, 3.05) is 23.9 Å². The Morgan fingerprint density at radius 2 is 1.88 bits per heavy atom. The molecule has 2 unspecified atom stereocenters. The van der Waals surface area contributed by atoms with Crippen LogP contribution in [0.4, 0.5) is 5.69 Å². The number of thioether (sulfide) groups is 1. The maximum atomic E-state index is 4.82. The van der Waals surface area contributed by atoms with Crippen molar-refractivity contribution in [3.63, 3.8) is 0 Å². The minimum Gasteiger partial charge on any atom is -0.274 e. The summed E-state index contributed by atoms with van der Waals surface area (Å²) >= 11 is 1.97. The van der Waals surface area contributed by atoms with E-state index in [4.69, 9.17) is 10.3 Å². The van der Waals surface area contributed by atoms with E-state index in [-0.39, 0.29) is 11.7 Å². The Kier molecular flexibility index (Phi) is 4.02. The van der Waals surface area contributed by atoms with E-state index in [1.807, 2.05) is 11.8 Å². The molecule has 26 heavy (non-hydrogen) atoms. The number of anilines is 1. The lowest BCUT2D eigenvalue weighted by Gasteiger charge is -2.46. The molecule has 0 saturated carbocycles. The Morgan fingerprint density at radius 1 is 1.08 bits per heavy atom. The lowest BCUT2D eigenvalue weighted by molar-refractivity contribution is 0.0958.